The molecule has 1 aromatic rings. The molecule has 0 unspecified atom stereocenters. The minimum Gasteiger partial charge on any atom is -0.0761 e. The Morgan fingerprint density at radius 1 is 1.19 bits per heavy atom. The summed E-state index contributed by atoms with van der Waals surface area (Å²) in [6.07, 6.45) is 9.15. The summed E-state index contributed by atoms with van der Waals surface area (Å²) >= 11 is 1.58. The molecule has 0 nitrogen and oxygen atoms in total. The Kier molecular flexibility index (Phi) is 7.38. The molecule has 0 saturated carbocycles. The number of unbranched alkanes of at least 4 members (excludes halogenated alkanes) is 3. The maximum absolute atomic E-state index is 3.07. The molecule has 1 aromatic carbocycles. The molecule has 0 aliphatic rings. The highest BCUT2D eigenvalue weighted by molar-refractivity contribution is 8.03. The van der Waals surface area contributed by atoms with Crippen LogP contribution in [0.3, 0.4) is 0 Å². The van der Waals surface area contributed by atoms with Crippen LogP contribution in [0, 0.1) is 11.2 Å². The monoisotopic (exact) mass is 230 g/mol. The number of rotatable bonds is 5. The van der Waals surface area contributed by atoms with E-state index in [-0.39, 0.29) is 0 Å². The third-order valence-electron chi connectivity index (χ3n) is 2.15. The zero-order chi connectivity index (χ0) is 11.5. The summed E-state index contributed by atoms with van der Waals surface area (Å²) in [4.78, 5) is 1.20. The molecule has 0 heterocycles. The second-order valence-electron chi connectivity index (χ2n) is 3.56. The number of hydrogen-bond acceptors (Lipinski definition) is 1. The van der Waals surface area contributed by atoms with Crippen LogP contribution in [0.5, 0.6) is 0 Å². The lowest BCUT2D eigenvalue weighted by Gasteiger charge is -1.90. The van der Waals surface area contributed by atoms with Gasteiger partial charge in [-0.25, -0.2) is 0 Å². The van der Waals surface area contributed by atoms with Crippen molar-refractivity contribution in [3.05, 3.63) is 42.5 Å². The Bertz CT molecular complexity index is 354. The van der Waals surface area contributed by atoms with Crippen LogP contribution in [0.1, 0.15) is 32.6 Å². The highest BCUT2D eigenvalue weighted by Gasteiger charge is 1.85. The molecule has 16 heavy (non-hydrogen) atoms. The van der Waals surface area contributed by atoms with Crippen molar-refractivity contribution in [1.29, 1.82) is 0 Å². The van der Waals surface area contributed by atoms with Crippen LogP contribution >= 0.6 is 11.8 Å². The van der Waals surface area contributed by atoms with Crippen molar-refractivity contribution in [3.63, 3.8) is 0 Å². The lowest BCUT2D eigenvalue weighted by atomic mass is 10.2. The lowest BCUT2D eigenvalue weighted by molar-refractivity contribution is 0.729. The van der Waals surface area contributed by atoms with Crippen molar-refractivity contribution < 1.29 is 0 Å². The first-order valence-corrected chi connectivity index (χ1v) is 6.62. The third kappa shape index (κ3) is 6.37. The van der Waals surface area contributed by atoms with Gasteiger partial charge in [-0.1, -0.05) is 50.0 Å². The van der Waals surface area contributed by atoms with Crippen LogP contribution in [0.25, 0.3) is 0 Å². The van der Waals surface area contributed by atoms with Gasteiger partial charge in [0.05, 0.1) is 0 Å². The van der Waals surface area contributed by atoms with Crippen molar-refractivity contribution in [1.82, 2.24) is 0 Å². The molecule has 0 saturated heterocycles. The molecule has 0 N–H and O–H groups in total. The summed E-state index contributed by atoms with van der Waals surface area (Å²) in [5.41, 5.74) is 0. The summed E-state index contributed by atoms with van der Waals surface area (Å²) in [5.74, 6) is 3.04. The molecule has 0 fully saturated rings. The SMILES string of the molecule is CCCCC/C=C\C#CSc1ccccc1. The van der Waals surface area contributed by atoms with E-state index in [1.807, 2.05) is 24.3 Å². The van der Waals surface area contributed by atoms with Crippen LogP contribution in [0.2, 0.25) is 0 Å². The van der Waals surface area contributed by atoms with Crippen molar-refractivity contribution in [2.75, 3.05) is 0 Å². The van der Waals surface area contributed by atoms with E-state index in [1.165, 1.54) is 24.2 Å². The van der Waals surface area contributed by atoms with Gasteiger partial charge in [-0.2, -0.15) is 0 Å². The van der Waals surface area contributed by atoms with Gasteiger partial charge < -0.3 is 0 Å². The molecule has 1 rings (SSSR count). The molecule has 0 aromatic heterocycles. The Balaban J connectivity index is 2.18. The lowest BCUT2D eigenvalue weighted by Crippen LogP contribution is -1.69. The van der Waals surface area contributed by atoms with E-state index in [0.29, 0.717) is 0 Å². The van der Waals surface area contributed by atoms with E-state index >= 15 is 0 Å². The number of allylic oxidation sites excluding steroid dienone is 2. The summed E-state index contributed by atoms with van der Waals surface area (Å²) in [7, 11) is 0. The fourth-order valence-electron chi connectivity index (χ4n) is 1.27. The number of hydrogen-bond donors (Lipinski definition) is 0. The van der Waals surface area contributed by atoms with Gasteiger partial charge in [0.25, 0.3) is 0 Å². The van der Waals surface area contributed by atoms with Crippen molar-refractivity contribution in [2.24, 2.45) is 0 Å². The highest BCUT2D eigenvalue weighted by Crippen LogP contribution is 2.14. The average molecular weight is 230 g/mol. The van der Waals surface area contributed by atoms with Crippen LogP contribution < -0.4 is 0 Å². The minimum absolute atomic E-state index is 1.15. The second kappa shape index (κ2) is 9.12. The predicted octanol–water partition coefficient (Wildman–Crippen LogP) is 4.88. The Morgan fingerprint density at radius 3 is 2.75 bits per heavy atom. The summed E-state index contributed by atoms with van der Waals surface area (Å²) in [6, 6.07) is 10.2. The predicted molar refractivity (Wildman–Crippen MR) is 73.4 cm³/mol. The summed E-state index contributed by atoms with van der Waals surface area (Å²) in [6.45, 7) is 2.22. The molecule has 0 spiro atoms. The Hall–Kier alpha value is -1.13. The quantitative estimate of drug-likeness (QED) is 0.395. The molecule has 84 valence electrons. The first-order valence-electron chi connectivity index (χ1n) is 5.81. The van der Waals surface area contributed by atoms with Crippen LogP contribution in [0.4, 0.5) is 0 Å². The molecular formula is C15H18S. The number of benzene rings is 1. The smallest absolute Gasteiger partial charge is 0.0203 e. The van der Waals surface area contributed by atoms with Crippen molar-refractivity contribution >= 4 is 11.8 Å². The fraction of sp³-hybridized carbons (Fsp3) is 0.333. The summed E-state index contributed by atoms with van der Waals surface area (Å²) < 4.78 is 0. The third-order valence-corrected chi connectivity index (χ3v) is 2.87. The van der Waals surface area contributed by atoms with Gasteiger partial charge in [-0.05, 0) is 48.1 Å². The fourth-order valence-corrected chi connectivity index (χ4v) is 1.80. The largest absolute Gasteiger partial charge is 0.0761 e. The zero-order valence-corrected chi connectivity index (χ0v) is 10.6. The minimum atomic E-state index is 1.15. The molecule has 0 aliphatic carbocycles. The van der Waals surface area contributed by atoms with Crippen molar-refractivity contribution in [2.45, 2.75) is 37.5 Å². The van der Waals surface area contributed by atoms with E-state index < -0.39 is 0 Å². The average Bonchev–Trinajstić information content (AvgIpc) is 2.34. The zero-order valence-electron chi connectivity index (χ0n) is 9.78. The standard InChI is InChI=1S/C15H18S/c1-2-3-4-5-6-7-11-14-16-15-12-9-8-10-13-15/h6-10,12-13H,2-5H2,1H3/b7-6-. The number of thioether (sulfide) groups is 1. The normalized spacial score (nSPS) is 10.1. The maximum Gasteiger partial charge on any atom is 0.0203 e. The second-order valence-corrected chi connectivity index (χ2v) is 4.44. The molecular weight excluding hydrogens is 212 g/mol. The van der Waals surface area contributed by atoms with Gasteiger partial charge in [-0.15, -0.1) is 0 Å². The highest BCUT2D eigenvalue weighted by atomic mass is 32.2. The molecule has 1 heteroatoms. The van der Waals surface area contributed by atoms with E-state index in [4.69, 9.17) is 0 Å². The van der Waals surface area contributed by atoms with E-state index in [1.54, 1.807) is 11.8 Å². The maximum atomic E-state index is 3.07. The van der Waals surface area contributed by atoms with Gasteiger partial charge in [0.1, 0.15) is 0 Å². The first kappa shape index (κ1) is 12.9. The van der Waals surface area contributed by atoms with Crippen LogP contribution in [-0.4, -0.2) is 0 Å². The first-order chi connectivity index (χ1) is 7.93. The molecule has 0 atom stereocenters. The molecule has 0 radical (unpaired) electrons. The van der Waals surface area contributed by atoms with Gasteiger partial charge in [-0.3, -0.25) is 0 Å². The Morgan fingerprint density at radius 2 is 2.00 bits per heavy atom. The molecule has 0 bridgehead atoms. The van der Waals surface area contributed by atoms with E-state index in [9.17, 15) is 0 Å². The van der Waals surface area contributed by atoms with E-state index in [0.717, 1.165) is 6.42 Å². The molecule has 0 aliphatic heterocycles. The van der Waals surface area contributed by atoms with Gasteiger partial charge in [0, 0.05) is 4.90 Å². The van der Waals surface area contributed by atoms with Gasteiger partial charge in [0.2, 0.25) is 0 Å². The molecule has 0 amide bonds. The van der Waals surface area contributed by atoms with Crippen LogP contribution in [-0.2, 0) is 0 Å². The topological polar surface area (TPSA) is 0 Å². The van der Waals surface area contributed by atoms with E-state index in [2.05, 4.69) is 36.3 Å². The van der Waals surface area contributed by atoms with Gasteiger partial charge in [0.15, 0.2) is 0 Å². The Labute approximate surface area is 103 Å². The van der Waals surface area contributed by atoms with Crippen molar-refractivity contribution in [3.8, 4) is 11.2 Å². The van der Waals surface area contributed by atoms with Gasteiger partial charge >= 0.3 is 0 Å². The summed E-state index contributed by atoms with van der Waals surface area (Å²) in [5, 5.41) is 3.07. The van der Waals surface area contributed by atoms with Crippen LogP contribution in [0.15, 0.2) is 47.4 Å².